The van der Waals surface area contributed by atoms with Crippen molar-refractivity contribution in [3.63, 3.8) is 0 Å². The van der Waals surface area contributed by atoms with E-state index in [0.717, 1.165) is 0 Å². The molecule has 1 amide bonds. The van der Waals surface area contributed by atoms with Gasteiger partial charge in [-0.3, -0.25) is 14.0 Å². The van der Waals surface area contributed by atoms with E-state index in [2.05, 4.69) is 10.3 Å². The number of aliphatic hydroxyl groups is 1. The van der Waals surface area contributed by atoms with Gasteiger partial charge in [0.2, 0.25) is 11.8 Å². The van der Waals surface area contributed by atoms with Gasteiger partial charge in [0.1, 0.15) is 11.4 Å². The van der Waals surface area contributed by atoms with Crippen LogP contribution in [0, 0.1) is 0 Å². The van der Waals surface area contributed by atoms with Crippen LogP contribution in [0.15, 0.2) is 53.5 Å². The summed E-state index contributed by atoms with van der Waals surface area (Å²) >= 11 is 0. The molecule has 3 N–H and O–H groups in total. The van der Waals surface area contributed by atoms with Crippen molar-refractivity contribution in [1.82, 2.24) is 14.7 Å². The number of carbonyl (C=O) groups is 1. The number of amides is 1. The normalized spacial score (nSPS) is 20.4. The Morgan fingerprint density at radius 2 is 1.97 bits per heavy atom. The summed E-state index contributed by atoms with van der Waals surface area (Å²) in [5, 5.41) is 23.2. The van der Waals surface area contributed by atoms with Crippen molar-refractivity contribution in [2.45, 2.75) is 24.5 Å². The largest absolute Gasteiger partial charge is 0.497 e. The molecule has 1 aliphatic heterocycles. The second-order valence-corrected chi connectivity index (χ2v) is 10.1. The topological polar surface area (TPSA) is 147 Å². The molecule has 0 spiro atoms. The van der Waals surface area contributed by atoms with E-state index in [4.69, 9.17) is 4.74 Å². The van der Waals surface area contributed by atoms with Crippen LogP contribution < -0.4 is 15.6 Å². The van der Waals surface area contributed by atoms with Gasteiger partial charge in [-0.25, -0.2) is 8.42 Å². The van der Waals surface area contributed by atoms with Crippen molar-refractivity contribution < 1.29 is 28.2 Å². The van der Waals surface area contributed by atoms with Gasteiger partial charge in [-0.1, -0.05) is 18.2 Å². The molecular weight excluding hydrogens is 450 g/mol. The van der Waals surface area contributed by atoms with Crippen LogP contribution in [0.2, 0.25) is 0 Å². The number of methoxy groups -OCH3 is 1. The SMILES string of the molecule is COc1ccc(C(CC(=O)NC2CS(=O)(=O)CC2O)c2c(O)nc3ccccn3c2=O)cc1. The number of carbonyl (C=O) groups excluding carboxylic acids is 1. The second kappa shape index (κ2) is 8.83. The monoisotopic (exact) mass is 473 g/mol. The van der Waals surface area contributed by atoms with Crippen molar-refractivity contribution in [3.8, 4) is 11.6 Å². The van der Waals surface area contributed by atoms with E-state index in [1.807, 2.05) is 0 Å². The molecule has 10 nitrogen and oxygen atoms in total. The molecule has 3 heterocycles. The Balaban J connectivity index is 1.72. The van der Waals surface area contributed by atoms with Crippen LogP contribution in [0.5, 0.6) is 11.6 Å². The molecule has 3 atom stereocenters. The van der Waals surface area contributed by atoms with E-state index >= 15 is 0 Å². The Morgan fingerprint density at radius 1 is 1.24 bits per heavy atom. The van der Waals surface area contributed by atoms with Crippen molar-refractivity contribution in [2.24, 2.45) is 0 Å². The highest BCUT2D eigenvalue weighted by Gasteiger charge is 2.38. The lowest BCUT2D eigenvalue weighted by molar-refractivity contribution is -0.122. The highest BCUT2D eigenvalue weighted by molar-refractivity contribution is 7.91. The standard InChI is InChI=1S/C22H23N3O7S/c1-32-14-7-5-13(6-8-14)15(10-19(27)23-16-11-33(30,31)12-17(16)26)20-21(28)24-18-4-2-3-9-25(18)22(20)29/h2-9,15-17,26,28H,10-12H2,1H3,(H,23,27). The number of aromatic hydroxyl groups is 1. The zero-order valence-electron chi connectivity index (χ0n) is 17.7. The van der Waals surface area contributed by atoms with Gasteiger partial charge < -0.3 is 20.3 Å². The molecule has 1 fully saturated rings. The number of aromatic nitrogens is 2. The third kappa shape index (κ3) is 4.69. The second-order valence-electron chi connectivity index (χ2n) is 7.93. The van der Waals surface area contributed by atoms with Gasteiger partial charge in [-0.15, -0.1) is 0 Å². The molecule has 0 radical (unpaired) electrons. The summed E-state index contributed by atoms with van der Waals surface area (Å²) in [4.78, 5) is 30.2. The van der Waals surface area contributed by atoms with Gasteiger partial charge in [0, 0.05) is 18.5 Å². The first kappa shape index (κ1) is 22.7. The number of hydrogen-bond acceptors (Lipinski definition) is 8. The van der Waals surface area contributed by atoms with Crippen molar-refractivity contribution in [3.05, 3.63) is 70.1 Å². The predicted octanol–water partition coefficient (Wildman–Crippen LogP) is 0.205. The van der Waals surface area contributed by atoms with E-state index in [9.17, 15) is 28.2 Å². The molecule has 33 heavy (non-hydrogen) atoms. The summed E-state index contributed by atoms with van der Waals surface area (Å²) in [6, 6.07) is 10.6. The lowest BCUT2D eigenvalue weighted by Gasteiger charge is -2.21. The molecule has 1 aromatic carbocycles. The van der Waals surface area contributed by atoms with Crippen LogP contribution in [0.1, 0.15) is 23.5 Å². The van der Waals surface area contributed by atoms with Crippen LogP contribution in [0.3, 0.4) is 0 Å². The van der Waals surface area contributed by atoms with Gasteiger partial charge in [0.25, 0.3) is 5.56 Å². The average Bonchev–Trinajstić information content (AvgIpc) is 3.03. The van der Waals surface area contributed by atoms with Gasteiger partial charge in [-0.05, 0) is 29.8 Å². The maximum absolute atomic E-state index is 13.2. The quantitative estimate of drug-likeness (QED) is 0.460. The molecular formula is C22H23N3O7S. The Kier molecular flexibility index (Phi) is 6.09. The van der Waals surface area contributed by atoms with Gasteiger partial charge in [0.15, 0.2) is 9.84 Å². The number of aliphatic hydroxyl groups excluding tert-OH is 1. The Hall–Kier alpha value is -3.44. The van der Waals surface area contributed by atoms with Crippen molar-refractivity contribution in [1.29, 1.82) is 0 Å². The summed E-state index contributed by atoms with van der Waals surface area (Å²) in [7, 11) is -1.94. The lowest BCUT2D eigenvalue weighted by Crippen LogP contribution is -2.43. The van der Waals surface area contributed by atoms with E-state index in [1.54, 1.807) is 42.5 Å². The first-order valence-electron chi connectivity index (χ1n) is 10.2. The molecule has 11 heteroatoms. The fraction of sp³-hybridized carbons (Fsp3) is 0.318. The number of nitrogens with one attached hydrogen (secondary N) is 1. The molecule has 0 aliphatic carbocycles. The molecule has 1 saturated heterocycles. The minimum Gasteiger partial charge on any atom is -0.497 e. The van der Waals surface area contributed by atoms with Gasteiger partial charge >= 0.3 is 0 Å². The van der Waals surface area contributed by atoms with Crippen LogP contribution in [-0.4, -0.2) is 64.7 Å². The van der Waals surface area contributed by atoms with E-state index in [1.165, 1.54) is 17.7 Å². The van der Waals surface area contributed by atoms with Crippen LogP contribution >= 0.6 is 0 Å². The molecule has 3 unspecified atom stereocenters. The van der Waals surface area contributed by atoms with E-state index in [-0.39, 0.29) is 23.4 Å². The first-order valence-corrected chi connectivity index (χ1v) is 12.0. The summed E-state index contributed by atoms with van der Waals surface area (Å²) in [5.41, 5.74) is 0.199. The fourth-order valence-corrected chi connectivity index (χ4v) is 5.78. The number of nitrogens with zero attached hydrogens (tertiary/aromatic N) is 2. The summed E-state index contributed by atoms with van der Waals surface area (Å²) in [6.45, 7) is 0. The number of fused-ring (bicyclic) bond motifs is 1. The predicted molar refractivity (Wildman–Crippen MR) is 119 cm³/mol. The summed E-state index contributed by atoms with van der Waals surface area (Å²) < 4.78 is 30.0. The molecule has 0 saturated carbocycles. The number of pyridine rings is 1. The number of benzene rings is 1. The zero-order chi connectivity index (χ0) is 23.8. The Morgan fingerprint density at radius 3 is 2.61 bits per heavy atom. The minimum atomic E-state index is -3.45. The maximum Gasteiger partial charge on any atom is 0.265 e. The number of hydrogen-bond donors (Lipinski definition) is 3. The summed E-state index contributed by atoms with van der Waals surface area (Å²) in [6.07, 6.45) is 0.0250. The fourth-order valence-electron chi connectivity index (χ4n) is 4.04. The van der Waals surface area contributed by atoms with Crippen molar-refractivity contribution >= 4 is 21.4 Å². The van der Waals surface area contributed by atoms with Crippen LogP contribution in [0.4, 0.5) is 0 Å². The zero-order valence-corrected chi connectivity index (χ0v) is 18.5. The first-order chi connectivity index (χ1) is 15.7. The minimum absolute atomic E-state index is 0.0707. The average molecular weight is 474 g/mol. The third-order valence-corrected chi connectivity index (χ3v) is 7.39. The lowest BCUT2D eigenvalue weighted by atomic mass is 9.89. The van der Waals surface area contributed by atoms with E-state index < -0.39 is 51.0 Å². The molecule has 2 aromatic heterocycles. The number of rotatable bonds is 6. The van der Waals surface area contributed by atoms with Crippen LogP contribution in [0.25, 0.3) is 5.65 Å². The third-order valence-electron chi connectivity index (χ3n) is 5.67. The maximum atomic E-state index is 13.2. The van der Waals surface area contributed by atoms with Crippen LogP contribution in [-0.2, 0) is 14.6 Å². The highest BCUT2D eigenvalue weighted by atomic mass is 32.2. The molecule has 3 aromatic rings. The Labute approximate surface area is 189 Å². The number of sulfone groups is 1. The molecule has 0 bridgehead atoms. The molecule has 1 aliphatic rings. The van der Waals surface area contributed by atoms with Gasteiger partial charge in [0.05, 0.1) is 36.3 Å². The molecule has 174 valence electrons. The highest BCUT2D eigenvalue weighted by Crippen LogP contribution is 2.32. The van der Waals surface area contributed by atoms with E-state index in [0.29, 0.717) is 11.3 Å². The number of ether oxygens (including phenoxy) is 1. The smallest absolute Gasteiger partial charge is 0.265 e. The molecule has 4 rings (SSSR count). The van der Waals surface area contributed by atoms with Gasteiger partial charge in [-0.2, -0.15) is 4.98 Å². The summed E-state index contributed by atoms with van der Waals surface area (Å²) in [5.74, 6) is -2.17. The van der Waals surface area contributed by atoms with Crippen molar-refractivity contribution in [2.75, 3.05) is 18.6 Å². The Bertz CT molecular complexity index is 1350.